The number of hydrogen-bond acceptors (Lipinski definition) is 2. The predicted octanol–water partition coefficient (Wildman–Crippen LogP) is 2.44. The first-order valence-corrected chi connectivity index (χ1v) is 7.43. The van der Waals surface area contributed by atoms with Crippen LogP contribution in [0.4, 0.5) is 0 Å². The van der Waals surface area contributed by atoms with E-state index < -0.39 is 0 Å². The third-order valence-electron chi connectivity index (χ3n) is 4.89. The van der Waals surface area contributed by atoms with Crippen molar-refractivity contribution in [3.63, 3.8) is 0 Å². The van der Waals surface area contributed by atoms with E-state index in [0.29, 0.717) is 17.4 Å². The molecule has 2 aliphatic rings. The molecule has 3 N–H and O–H groups in total. The van der Waals surface area contributed by atoms with Crippen molar-refractivity contribution in [3.8, 4) is 0 Å². The molecule has 1 amide bonds. The van der Waals surface area contributed by atoms with Gasteiger partial charge in [-0.1, -0.05) is 20.8 Å². The normalized spacial score (nSPS) is 39.6. The lowest BCUT2D eigenvalue weighted by Crippen LogP contribution is -2.44. The first kappa shape index (κ1) is 13.9. The SMILES string of the molecule is CC1CCC(N)CC1C(=O)NC1CCC(C)(C)C1. The molecular weight excluding hydrogens is 224 g/mol. The van der Waals surface area contributed by atoms with Gasteiger partial charge in [-0.25, -0.2) is 0 Å². The Morgan fingerprint density at radius 2 is 2.00 bits per heavy atom. The fourth-order valence-corrected chi connectivity index (χ4v) is 3.59. The third kappa shape index (κ3) is 3.25. The molecule has 2 saturated carbocycles. The monoisotopic (exact) mass is 252 g/mol. The van der Waals surface area contributed by atoms with Crippen LogP contribution in [0.25, 0.3) is 0 Å². The molecule has 3 heteroatoms. The first-order valence-electron chi connectivity index (χ1n) is 7.43. The maximum atomic E-state index is 12.4. The Bertz CT molecular complexity index is 314. The van der Waals surface area contributed by atoms with Gasteiger partial charge in [0.05, 0.1) is 0 Å². The summed E-state index contributed by atoms with van der Waals surface area (Å²) in [6, 6.07) is 0.606. The van der Waals surface area contributed by atoms with Crippen LogP contribution >= 0.6 is 0 Å². The maximum absolute atomic E-state index is 12.4. The lowest BCUT2D eigenvalue weighted by atomic mass is 9.77. The van der Waals surface area contributed by atoms with Gasteiger partial charge in [0, 0.05) is 18.0 Å². The third-order valence-corrected chi connectivity index (χ3v) is 4.89. The first-order chi connectivity index (χ1) is 8.37. The molecule has 0 bridgehead atoms. The Balaban J connectivity index is 1.87. The second-order valence-electron chi connectivity index (χ2n) is 7.27. The van der Waals surface area contributed by atoms with Crippen molar-refractivity contribution in [2.24, 2.45) is 23.0 Å². The summed E-state index contributed by atoms with van der Waals surface area (Å²) in [4.78, 5) is 12.4. The molecule has 3 nitrogen and oxygen atoms in total. The number of rotatable bonds is 2. The second-order valence-corrected chi connectivity index (χ2v) is 7.27. The summed E-state index contributed by atoms with van der Waals surface area (Å²) in [6.07, 6.45) is 6.50. The van der Waals surface area contributed by atoms with Crippen LogP contribution in [0.1, 0.15) is 59.3 Å². The fraction of sp³-hybridized carbons (Fsp3) is 0.933. The van der Waals surface area contributed by atoms with Crippen LogP contribution in [0.2, 0.25) is 0 Å². The molecule has 0 aliphatic heterocycles. The van der Waals surface area contributed by atoms with Crippen molar-refractivity contribution in [1.29, 1.82) is 0 Å². The highest BCUT2D eigenvalue weighted by molar-refractivity contribution is 5.79. The molecule has 0 heterocycles. The number of carbonyl (C=O) groups excluding carboxylic acids is 1. The van der Waals surface area contributed by atoms with Gasteiger partial charge >= 0.3 is 0 Å². The zero-order valence-corrected chi connectivity index (χ0v) is 12.0. The number of nitrogens with one attached hydrogen (secondary N) is 1. The van der Waals surface area contributed by atoms with E-state index in [1.165, 1.54) is 6.42 Å². The van der Waals surface area contributed by atoms with E-state index in [1.54, 1.807) is 0 Å². The average molecular weight is 252 g/mol. The highest BCUT2D eigenvalue weighted by Crippen LogP contribution is 2.37. The van der Waals surface area contributed by atoms with Crippen LogP contribution in [0.3, 0.4) is 0 Å². The van der Waals surface area contributed by atoms with Gasteiger partial charge in [0.25, 0.3) is 0 Å². The topological polar surface area (TPSA) is 55.1 Å². The minimum Gasteiger partial charge on any atom is -0.353 e. The highest BCUT2D eigenvalue weighted by Gasteiger charge is 2.35. The zero-order valence-electron chi connectivity index (χ0n) is 12.0. The van der Waals surface area contributed by atoms with Gasteiger partial charge in [0.1, 0.15) is 0 Å². The lowest BCUT2D eigenvalue weighted by Gasteiger charge is -2.32. The van der Waals surface area contributed by atoms with Crippen molar-refractivity contribution in [1.82, 2.24) is 5.32 Å². The number of hydrogen-bond donors (Lipinski definition) is 2. The summed E-state index contributed by atoms with van der Waals surface area (Å²) in [5.41, 5.74) is 6.39. The minimum atomic E-state index is 0.137. The van der Waals surface area contributed by atoms with E-state index >= 15 is 0 Å². The van der Waals surface area contributed by atoms with E-state index in [4.69, 9.17) is 5.73 Å². The smallest absolute Gasteiger partial charge is 0.223 e. The Labute approximate surface area is 111 Å². The van der Waals surface area contributed by atoms with Crippen molar-refractivity contribution in [3.05, 3.63) is 0 Å². The van der Waals surface area contributed by atoms with Gasteiger partial charge in [-0.3, -0.25) is 4.79 Å². The minimum absolute atomic E-state index is 0.137. The number of nitrogens with two attached hydrogens (primary N) is 1. The summed E-state index contributed by atoms with van der Waals surface area (Å²) < 4.78 is 0. The Hall–Kier alpha value is -0.570. The molecule has 4 unspecified atom stereocenters. The summed E-state index contributed by atoms with van der Waals surface area (Å²) >= 11 is 0. The van der Waals surface area contributed by atoms with E-state index in [2.05, 4.69) is 26.1 Å². The van der Waals surface area contributed by atoms with Crippen LogP contribution in [0.15, 0.2) is 0 Å². The number of carbonyl (C=O) groups is 1. The summed E-state index contributed by atoms with van der Waals surface area (Å²) in [5.74, 6) is 0.872. The molecular formula is C15H28N2O. The van der Waals surface area contributed by atoms with Crippen molar-refractivity contribution < 1.29 is 4.79 Å². The molecule has 0 aromatic rings. The van der Waals surface area contributed by atoms with Crippen LogP contribution in [0, 0.1) is 17.3 Å². The molecule has 0 saturated heterocycles. The molecule has 2 aliphatic carbocycles. The van der Waals surface area contributed by atoms with Gasteiger partial charge in [0.15, 0.2) is 0 Å². The Morgan fingerprint density at radius 3 is 2.61 bits per heavy atom. The van der Waals surface area contributed by atoms with Crippen molar-refractivity contribution >= 4 is 5.91 Å². The van der Waals surface area contributed by atoms with Crippen molar-refractivity contribution in [2.75, 3.05) is 0 Å². The van der Waals surface area contributed by atoms with Crippen LogP contribution in [-0.4, -0.2) is 18.0 Å². The molecule has 2 fully saturated rings. The lowest BCUT2D eigenvalue weighted by molar-refractivity contribution is -0.128. The summed E-state index contributed by atoms with van der Waals surface area (Å²) in [6.45, 7) is 6.77. The van der Waals surface area contributed by atoms with Gasteiger partial charge in [-0.2, -0.15) is 0 Å². The van der Waals surface area contributed by atoms with Gasteiger partial charge < -0.3 is 11.1 Å². The zero-order chi connectivity index (χ0) is 13.3. The van der Waals surface area contributed by atoms with E-state index in [0.717, 1.165) is 32.1 Å². The highest BCUT2D eigenvalue weighted by atomic mass is 16.2. The Kier molecular flexibility index (Phi) is 4.00. The van der Waals surface area contributed by atoms with E-state index in [9.17, 15) is 4.79 Å². The molecule has 0 aromatic carbocycles. The molecule has 2 rings (SSSR count). The van der Waals surface area contributed by atoms with Gasteiger partial charge in [0.2, 0.25) is 5.91 Å². The van der Waals surface area contributed by atoms with Crippen LogP contribution in [0.5, 0.6) is 0 Å². The predicted molar refractivity (Wildman–Crippen MR) is 74.0 cm³/mol. The molecule has 0 spiro atoms. The molecule has 104 valence electrons. The quantitative estimate of drug-likeness (QED) is 0.793. The largest absolute Gasteiger partial charge is 0.353 e. The Morgan fingerprint density at radius 1 is 1.28 bits per heavy atom. The molecule has 0 radical (unpaired) electrons. The van der Waals surface area contributed by atoms with Crippen molar-refractivity contribution in [2.45, 2.75) is 71.4 Å². The van der Waals surface area contributed by atoms with Gasteiger partial charge in [-0.05, 0) is 49.9 Å². The molecule has 18 heavy (non-hydrogen) atoms. The van der Waals surface area contributed by atoms with Gasteiger partial charge in [-0.15, -0.1) is 0 Å². The van der Waals surface area contributed by atoms with Crippen LogP contribution < -0.4 is 11.1 Å². The fourth-order valence-electron chi connectivity index (χ4n) is 3.59. The van der Waals surface area contributed by atoms with Crippen LogP contribution in [-0.2, 0) is 4.79 Å². The van der Waals surface area contributed by atoms with E-state index in [-0.39, 0.29) is 17.9 Å². The van der Waals surface area contributed by atoms with E-state index in [1.807, 2.05) is 0 Å². The second kappa shape index (κ2) is 5.20. The average Bonchev–Trinajstić information content (AvgIpc) is 2.61. The summed E-state index contributed by atoms with van der Waals surface area (Å²) in [5, 5.41) is 3.26. The maximum Gasteiger partial charge on any atom is 0.223 e. The summed E-state index contributed by atoms with van der Waals surface area (Å²) in [7, 11) is 0. The molecule has 4 atom stereocenters. The number of amides is 1. The standard InChI is InChI=1S/C15H28N2O/c1-10-4-5-11(16)8-13(10)14(18)17-12-6-7-15(2,3)9-12/h10-13H,4-9,16H2,1-3H3,(H,17,18). The molecule has 0 aromatic heterocycles.